The maximum Gasteiger partial charge on any atom is 0.251 e. The minimum Gasteiger partial charge on any atom is -0.396 e. The maximum atomic E-state index is 12.2. The van der Waals surface area contributed by atoms with Crippen molar-refractivity contribution in [2.24, 2.45) is 0 Å². The number of aliphatic hydroxyl groups is 1. The third-order valence-electron chi connectivity index (χ3n) is 3.60. The molecule has 0 spiro atoms. The van der Waals surface area contributed by atoms with Crippen molar-refractivity contribution in [3.8, 4) is 17.2 Å². The number of amides is 1. The highest BCUT2D eigenvalue weighted by Crippen LogP contribution is 2.24. The fraction of sp³-hybridized carbons (Fsp3) is 0.263. The molecule has 2 N–H and O–H groups in total. The Hall–Kier alpha value is -2.64. The first-order valence-electron chi connectivity index (χ1n) is 7.75. The van der Waals surface area contributed by atoms with Crippen molar-refractivity contribution in [2.75, 3.05) is 13.2 Å². The number of rotatable bonds is 7. The van der Waals surface area contributed by atoms with E-state index < -0.39 is 0 Å². The standard InChI is InChI=1S/C19H20N2O2/c20-14-17-7-2-3-10-18(17)15-8-6-9-16(13-15)19(23)21-11-4-1-5-12-22/h2-3,6-10,13,22H,1,4-5,11-12H2,(H,21,23). The zero-order chi connectivity index (χ0) is 16.5. The average Bonchev–Trinajstić information content (AvgIpc) is 2.61. The van der Waals surface area contributed by atoms with Crippen LogP contribution in [0.3, 0.4) is 0 Å². The van der Waals surface area contributed by atoms with Crippen LogP contribution in [0.5, 0.6) is 0 Å². The van der Waals surface area contributed by atoms with Crippen molar-refractivity contribution >= 4 is 5.91 Å². The topological polar surface area (TPSA) is 73.1 Å². The van der Waals surface area contributed by atoms with Crippen molar-refractivity contribution in [3.63, 3.8) is 0 Å². The highest BCUT2D eigenvalue weighted by atomic mass is 16.2. The van der Waals surface area contributed by atoms with Gasteiger partial charge in [-0.05, 0) is 48.6 Å². The van der Waals surface area contributed by atoms with E-state index in [1.165, 1.54) is 0 Å². The lowest BCUT2D eigenvalue weighted by Crippen LogP contribution is -2.24. The summed E-state index contributed by atoms with van der Waals surface area (Å²) in [4.78, 5) is 12.2. The van der Waals surface area contributed by atoms with Crippen LogP contribution in [-0.2, 0) is 0 Å². The summed E-state index contributed by atoms with van der Waals surface area (Å²) in [5, 5.41) is 20.8. The quantitative estimate of drug-likeness (QED) is 0.772. The molecule has 2 aromatic rings. The Balaban J connectivity index is 2.08. The number of nitriles is 1. The third-order valence-corrected chi connectivity index (χ3v) is 3.60. The molecule has 0 aliphatic carbocycles. The molecular formula is C19H20N2O2. The van der Waals surface area contributed by atoms with Crippen LogP contribution in [0, 0.1) is 11.3 Å². The van der Waals surface area contributed by atoms with Crippen LogP contribution in [0.25, 0.3) is 11.1 Å². The predicted molar refractivity (Wildman–Crippen MR) is 89.9 cm³/mol. The second-order valence-electron chi connectivity index (χ2n) is 5.28. The van der Waals surface area contributed by atoms with E-state index in [4.69, 9.17) is 5.11 Å². The Kier molecular flexibility index (Phi) is 6.34. The van der Waals surface area contributed by atoms with Crippen LogP contribution >= 0.6 is 0 Å². The Morgan fingerprint density at radius 2 is 1.91 bits per heavy atom. The van der Waals surface area contributed by atoms with Crippen LogP contribution in [0.15, 0.2) is 48.5 Å². The van der Waals surface area contributed by atoms with Gasteiger partial charge in [0.25, 0.3) is 5.91 Å². The lowest BCUT2D eigenvalue weighted by atomic mass is 9.98. The van der Waals surface area contributed by atoms with Gasteiger partial charge in [0, 0.05) is 18.7 Å². The lowest BCUT2D eigenvalue weighted by Gasteiger charge is -2.08. The molecule has 23 heavy (non-hydrogen) atoms. The summed E-state index contributed by atoms with van der Waals surface area (Å²) in [5.41, 5.74) is 2.86. The molecule has 0 aliphatic rings. The van der Waals surface area contributed by atoms with Crippen molar-refractivity contribution in [2.45, 2.75) is 19.3 Å². The molecule has 0 heterocycles. The Labute approximate surface area is 136 Å². The molecule has 4 heteroatoms. The minimum absolute atomic E-state index is 0.120. The smallest absolute Gasteiger partial charge is 0.251 e. The number of carbonyl (C=O) groups excluding carboxylic acids is 1. The second kappa shape index (κ2) is 8.72. The second-order valence-corrected chi connectivity index (χ2v) is 5.28. The molecule has 1 amide bonds. The molecule has 118 valence electrons. The summed E-state index contributed by atoms with van der Waals surface area (Å²) in [6, 6.07) is 16.8. The molecule has 2 aromatic carbocycles. The van der Waals surface area contributed by atoms with Gasteiger partial charge < -0.3 is 10.4 Å². The highest BCUT2D eigenvalue weighted by molar-refractivity contribution is 5.95. The fourth-order valence-electron chi connectivity index (χ4n) is 2.38. The first-order chi connectivity index (χ1) is 11.3. The van der Waals surface area contributed by atoms with Crippen molar-refractivity contribution in [3.05, 3.63) is 59.7 Å². The Bertz CT molecular complexity index is 705. The maximum absolute atomic E-state index is 12.2. The Morgan fingerprint density at radius 1 is 1.09 bits per heavy atom. The third kappa shape index (κ3) is 4.67. The fourth-order valence-corrected chi connectivity index (χ4v) is 2.38. The zero-order valence-electron chi connectivity index (χ0n) is 13.0. The molecule has 0 bridgehead atoms. The number of nitrogens with one attached hydrogen (secondary N) is 1. The number of unbranched alkanes of at least 4 members (excludes halogenated alkanes) is 2. The zero-order valence-corrected chi connectivity index (χ0v) is 13.0. The van der Waals surface area contributed by atoms with Gasteiger partial charge in [0.2, 0.25) is 0 Å². The number of hydrogen-bond donors (Lipinski definition) is 2. The van der Waals surface area contributed by atoms with Crippen LogP contribution in [0.4, 0.5) is 0 Å². The number of hydrogen-bond acceptors (Lipinski definition) is 3. The van der Waals surface area contributed by atoms with E-state index in [1.807, 2.05) is 30.3 Å². The summed E-state index contributed by atoms with van der Waals surface area (Å²) in [5.74, 6) is -0.120. The van der Waals surface area contributed by atoms with Crippen LogP contribution in [0.2, 0.25) is 0 Å². The van der Waals surface area contributed by atoms with Gasteiger partial charge in [0.1, 0.15) is 0 Å². The van der Waals surface area contributed by atoms with Crippen molar-refractivity contribution in [1.29, 1.82) is 5.26 Å². The van der Waals surface area contributed by atoms with Crippen molar-refractivity contribution in [1.82, 2.24) is 5.32 Å². The minimum atomic E-state index is -0.120. The molecular weight excluding hydrogens is 288 g/mol. The van der Waals surface area contributed by atoms with Crippen LogP contribution in [-0.4, -0.2) is 24.2 Å². The van der Waals surface area contributed by atoms with Gasteiger partial charge in [-0.3, -0.25) is 4.79 Å². The molecule has 0 aromatic heterocycles. The predicted octanol–water partition coefficient (Wildman–Crippen LogP) is 3.12. The highest BCUT2D eigenvalue weighted by Gasteiger charge is 2.08. The van der Waals surface area contributed by atoms with E-state index in [0.717, 1.165) is 30.4 Å². The van der Waals surface area contributed by atoms with Gasteiger partial charge >= 0.3 is 0 Å². The monoisotopic (exact) mass is 308 g/mol. The molecule has 0 radical (unpaired) electrons. The molecule has 2 rings (SSSR count). The van der Waals surface area contributed by atoms with E-state index in [1.54, 1.807) is 18.2 Å². The summed E-state index contributed by atoms with van der Waals surface area (Å²) >= 11 is 0. The average molecular weight is 308 g/mol. The molecule has 0 atom stereocenters. The summed E-state index contributed by atoms with van der Waals surface area (Å²) in [6.45, 7) is 0.784. The number of benzene rings is 2. The SMILES string of the molecule is N#Cc1ccccc1-c1cccc(C(=O)NCCCCCO)c1. The molecule has 4 nitrogen and oxygen atoms in total. The first-order valence-corrected chi connectivity index (χ1v) is 7.75. The first kappa shape index (κ1) is 16.7. The van der Waals surface area contributed by atoms with Gasteiger partial charge in [0.05, 0.1) is 11.6 Å². The van der Waals surface area contributed by atoms with Gasteiger partial charge in [-0.25, -0.2) is 0 Å². The van der Waals surface area contributed by atoms with Gasteiger partial charge in [-0.2, -0.15) is 5.26 Å². The lowest BCUT2D eigenvalue weighted by molar-refractivity contribution is 0.0953. The molecule has 0 aliphatic heterocycles. The van der Waals surface area contributed by atoms with E-state index in [0.29, 0.717) is 17.7 Å². The van der Waals surface area contributed by atoms with Crippen molar-refractivity contribution < 1.29 is 9.90 Å². The summed E-state index contributed by atoms with van der Waals surface area (Å²) < 4.78 is 0. The van der Waals surface area contributed by atoms with Gasteiger partial charge in [-0.15, -0.1) is 0 Å². The van der Waals surface area contributed by atoms with E-state index in [9.17, 15) is 10.1 Å². The Morgan fingerprint density at radius 3 is 2.70 bits per heavy atom. The van der Waals surface area contributed by atoms with E-state index in [-0.39, 0.29) is 12.5 Å². The number of nitrogens with zero attached hydrogens (tertiary/aromatic N) is 1. The van der Waals surface area contributed by atoms with E-state index >= 15 is 0 Å². The molecule has 0 saturated carbocycles. The van der Waals surface area contributed by atoms with Gasteiger partial charge in [-0.1, -0.05) is 30.3 Å². The normalized spacial score (nSPS) is 10.1. The van der Waals surface area contributed by atoms with E-state index in [2.05, 4.69) is 11.4 Å². The molecule has 0 unspecified atom stereocenters. The van der Waals surface area contributed by atoms with Crippen LogP contribution < -0.4 is 5.32 Å². The number of aliphatic hydroxyl groups excluding tert-OH is 1. The molecule has 0 fully saturated rings. The van der Waals surface area contributed by atoms with Crippen LogP contribution in [0.1, 0.15) is 35.2 Å². The summed E-state index contributed by atoms with van der Waals surface area (Å²) in [6.07, 6.45) is 2.51. The molecule has 0 saturated heterocycles. The number of carbonyl (C=O) groups is 1. The van der Waals surface area contributed by atoms with Gasteiger partial charge in [0.15, 0.2) is 0 Å². The summed E-state index contributed by atoms with van der Waals surface area (Å²) in [7, 11) is 0. The largest absolute Gasteiger partial charge is 0.396 e.